The quantitative estimate of drug-likeness (QED) is 0.270. The zero-order chi connectivity index (χ0) is 0. The fourth-order valence-electron chi connectivity index (χ4n) is 0. The van der Waals surface area contributed by atoms with Crippen LogP contribution in [0.15, 0.2) is 0 Å². The first-order valence-electron chi connectivity index (χ1n) is 0. The maximum atomic E-state index is 0. The summed E-state index contributed by atoms with van der Waals surface area (Å²) in [6.07, 6.45) is 0. The summed E-state index contributed by atoms with van der Waals surface area (Å²) in [6, 6.07) is 0. The van der Waals surface area contributed by atoms with Crippen LogP contribution in [0, 0.1) is 38.6 Å². The molecule has 0 aliphatic rings. The fraction of sp³-hybridized carbons (Fsp3) is 0. The minimum Gasteiger partial charge on any atom is 0 e. The van der Waals surface area contributed by atoms with Crippen molar-refractivity contribution in [3.63, 3.8) is 0 Å². The van der Waals surface area contributed by atoms with Crippen LogP contribution in [0.25, 0.3) is 0 Å². The van der Waals surface area contributed by atoms with Crippen LogP contribution in [-0.4, -0.2) is 8.41 Å². The van der Waals surface area contributed by atoms with Crippen LogP contribution in [0.3, 0.4) is 0 Å². The standard InChI is InChI=1S/BH3.Co.Cr.Hf.Pt.Re.Tb/h1H3;;;;;;. The van der Waals surface area contributed by atoms with Crippen molar-refractivity contribution in [1.29, 1.82) is 0 Å². The summed E-state index contributed by atoms with van der Waals surface area (Å²) in [7, 11) is 0. The summed E-state index contributed by atoms with van der Waals surface area (Å²) >= 11 is 0. The monoisotopic (exact) mass is 846 g/mol. The van der Waals surface area contributed by atoms with Crippen LogP contribution >= 0.6 is 0 Å². The second-order valence-electron chi connectivity index (χ2n) is 0. The summed E-state index contributed by atoms with van der Waals surface area (Å²) in [4.78, 5) is 0. The van der Waals surface area contributed by atoms with Gasteiger partial charge in [-0.15, -0.1) is 0 Å². The van der Waals surface area contributed by atoms with Gasteiger partial charge in [0.25, 0.3) is 0 Å². The molecule has 0 aromatic carbocycles. The normalized spacial score (nSPS) is 0. The molecule has 7 heteroatoms. The number of rotatable bonds is 0. The molecular formula is H3BCoCrHfPtReTb. The van der Waals surface area contributed by atoms with Gasteiger partial charge in [-0.3, -0.25) is 0 Å². The van der Waals surface area contributed by atoms with Crippen LogP contribution in [0.2, 0.25) is 0 Å². The van der Waals surface area contributed by atoms with E-state index in [1.54, 1.807) is 0 Å². The second kappa shape index (κ2) is 46.1. The van der Waals surface area contributed by atoms with Crippen molar-refractivity contribution in [3.8, 4) is 0 Å². The molecule has 0 aromatic heterocycles. The van der Waals surface area contributed by atoms with E-state index in [1.165, 1.54) is 0 Å². The van der Waals surface area contributed by atoms with Gasteiger partial charge in [0.1, 0.15) is 0 Å². The van der Waals surface area contributed by atoms with Crippen molar-refractivity contribution in [3.05, 3.63) is 0 Å². The Labute approximate surface area is 145 Å². The van der Waals surface area contributed by atoms with Gasteiger partial charge in [-0.25, -0.2) is 0 Å². The Morgan fingerprint density at radius 2 is 1.00 bits per heavy atom. The zero-order valence-electron chi connectivity index (χ0n) is 2.27. The molecule has 0 aromatic rings. The van der Waals surface area contributed by atoms with Crippen LogP contribution in [0.1, 0.15) is 0 Å². The van der Waals surface area contributed by atoms with Gasteiger partial charge in [-0.05, 0) is 0 Å². The first-order chi connectivity index (χ1) is 0. The Bertz CT molecular complexity index is 19.7. The molecule has 0 spiro atoms. The molecule has 0 aliphatic carbocycles. The molecule has 3 radical (unpaired) electrons. The maximum absolute atomic E-state index is 0. The number of hydrogen-bond acceptors (Lipinski definition) is 0. The van der Waals surface area contributed by atoms with Gasteiger partial charge >= 0.3 is 0 Å². The van der Waals surface area contributed by atoms with Gasteiger partial charge in [-0.2, -0.15) is 0 Å². The Balaban J connectivity index is 0. The third-order valence-corrected chi connectivity index (χ3v) is 0. The van der Waals surface area contributed by atoms with Crippen molar-refractivity contribution in [2.24, 2.45) is 0 Å². The second-order valence-corrected chi connectivity index (χ2v) is 0. The van der Waals surface area contributed by atoms with Gasteiger partial charge in [0.05, 0.1) is 8.41 Å². The van der Waals surface area contributed by atoms with E-state index in [0.717, 1.165) is 0 Å². The summed E-state index contributed by atoms with van der Waals surface area (Å²) in [5.74, 6) is 0. The van der Waals surface area contributed by atoms with Crippen molar-refractivity contribution in [1.82, 2.24) is 0 Å². The summed E-state index contributed by atoms with van der Waals surface area (Å²) in [6.45, 7) is 0. The third kappa shape index (κ3) is 37.0. The molecule has 51 valence electrons. The van der Waals surface area contributed by atoms with Gasteiger partial charge in [0.15, 0.2) is 0 Å². The van der Waals surface area contributed by atoms with Crippen molar-refractivity contribution in [2.45, 2.75) is 0 Å². The third-order valence-electron chi connectivity index (χ3n) is 0. The van der Waals surface area contributed by atoms with Crippen molar-refractivity contribution in [2.75, 3.05) is 0 Å². The fourth-order valence-corrected chi connectivity index (χ4v) is 0. The van der Waals surface area contributed by atoms with Crippen LogP contribution in [0.4, 0.5) is 0 Å². The smallest absolute Gasteiger partial charge is 0 e. The molecule has 0 saturated heterocycles. The predicted octanol–water partition coefficient (Wildman–Crippen LogP) is -1.20. The van der Waals surface area contributed by atoms with E-state index in [2.05, 4.69) is 0 Å². The molecule has 0 saturated carbocycles. The first kappa shape index (κ1) is 61.5. The minimum absolute atomic E-state index is 0. The van der Waals surface area contributed by atoms with Gasteiger partial charge < -0.3 is 0 Å². The van der Waals surface area contributed by atoms with E-state index in [4.69, 9.17) is 0 Å². The predicted molar refractivity (Wildman–Crippen MR) is 9.94 cm³/mol. The molecule has 0 nitrogen and oxygen atoms in total. The SMILES string of the molecule is B.[Co].[Cr].[Hf].[Pt].[Re].[Tb]. The average Bonchev–Trinajstić information content (AvgIpc) is 0. The Kier molecular flexibility index (Phi) is 405. The molecule has 7 heavy (non-hydrogen) atoms. The summed E-state index contributed by atoms with van der Waals surface area (Å²) in [5, 5.41) is 0. The molecule has 0 rings (SSSR count). The van der Waals surface area contributed by atoms with Gasteiger partial charge in [0, 0.05) is 140 Å². The van der Waals surface area contributed by atoms with E-state index < -0.39 is 0 Å². The summed E-state index contributed by atoms with van der Waals surface area (Å²) < 4.78 is 0. The first-order valence-corrected chi connectivity index (χ1v) is 0. The average molecular weight is 843 g/mol. The Morgan fingerprint density at radius 3 is 1.00 bits per heavy atom. The zero-order valence-corrected chi connectivity index (χ0v) is 15.3. The molecule has 0 unspecified atom stereocenters. The van der Waals surface area contributed by atoms with Gasteiger partial charge in [0.2, 0.25) is 0 Å². The molecule has 0 fully saturated rings. The largest absolute Gasteiger partial charge is 0.0814 e. The minimum atomic E-state index is 0. The molecule has 0 aliphatic heterocycles. The molecule has 0 atom stereocenters. The topological polar surface area (TPSA) is 0 Å². The van der Waals surface area contributed by atoms with E-state index in [9.17, 15) is 0 Å². The van der Waals surface area contributed by atoms with Crippen molar-refractivity contribution >= 4 is 8.41 Å². The molecule has 0 amide bonds. The van der Waals surface area contributed by atoms with Crippen LogP contribution in [0.5, 0.6) is 0 Å². The van der Waals surface area contributed by atoms with E-state index in [-0.39, 0.29) is 148 Å². The van der Waals surface area contributed by atoms with Crippen molar-refractivity contribution < 1.29 is 140 Å². The van der Waals surface area contributed by atoms with Gasteiger partial charge in [-0.1, -0.05) is 0 Å². The molecule has 0 N–H and O–H groups in total. The van der Waals surface area contributed by atoms with Crippen LogP contribution < -0.4 is 0 Å². The Morgan fingerprint density at radius 1 is 1.00 bits per heavy atom. The van der Waals surface area contributed by atoms with Crippen LogP contribution in [-0.2, 0) is 101 Å². The number of hydrogen-bond donors (Lipinski definition) is 0. The maximum Gasteiger partial charge on any atom is 0.0814 e. The summed E-state index contributed by atoms with van der Waals surface area (Å²) in [5.41, 5.74) is 0. The molecular weight excluding hydrogens is 840 g/mol. The van der Waals surface area contributed by atoms with E-state index in [0.29, 0.717) is 0 Å². The molecule has 0 bridgehead atoms. The molecule has 0 heterocycles. The van der Waals surface area contributed by atoms with E-state index >= 15 is 0 Å². The van der Waals surface area contributed by atoms with E-state index in [1.807, 2.05) is 0 Å². The Hall–Kier alpha value is 4.61.